The van der Waals surface area contributed by atoms with Gasteiger partial charge in [0.1, 0.15) is 0 Å². The fraction of sp³-hybridized carbons (Fsp3) is 0.291. The van der Waals surface area contributed by atoms with Gasteiger partial charge in [0.05, 0.1) is 37.7 Å². The van der Waals surface area contributed by atoms with E-state index >= 15 is 0 Å². The Hall–Kier alpha value is -10.7. The van der Waals surface area contributed by atoms with Crippen molar-refractivity contribution in [2.45, 2.75) is 209 Å². The maximum atomic E-state index is 10.3. The standard InChI is InChI=1S/C110H116BN3/c1-103(2,3)77-49-39-69(40-50-77)86-33-29-34-87(70-41-51-78(52-42-70)104(4,5)6)101(86)113-96-63-73(75-59-81(107(13,14)15)65-82(60-75)108(16,17)18)47-57-92(96)111-93-58-48-74(76-61-83(109(19,20)21)66-84(62-76)110(22,23)24)64-97(93)114(99-68-85(67-98(113)100(99)111)112-94-37-27-25-31-90(94)91-32-26-28-38-95(91)112)102-88(71-43-53-79(54-44-71)105(7,8)9)35-30-36-89(102)72-45-55-80(56-46-72)106(10,11)12/h25-68H,1-24H3/i25D,26D,27D,28D,31D,37D,38D. The SMILES string of the molecule is [2H]c1cc2c3c([2H])c([2H])c([2H])c([2H])c3n(-c3cc4c5c(c3)N(c3c(-c6ccc(C(C)(C)C)cc6)cccc3-c3ccc(C(C)(C)C)cc3)c3cc(-c6cc(C(C)(C)C)cc(C(C)(C)C)c6)ccc3B5c3ccc(-c5cc(C(C)(C)C)cc(C(C)(C)C)c5)cc3N4c3c(-c4ccc(C(C)(C)C)cc4)cccc3-c3ccc(C(C)(C)C)cc3)c2c([2H])c1[2H]. The highest BCUT2D eigenvalue weighted by Crippen LogP contribution is 2.56. The molecule has 0 spiro atoms. The summed E-state index contributed by atoms with van der Waals surface area (Å²) >= 11 is 0. The van der Waals surface area contributed by atoms with E-state index in [2.05, 4.69) is 394 Å². The molecule has 0 aliphatic carbocycles. The number of aromatic nitrogens is 1. The number of anilines is 6. The largest absolute Gasteiger partial charge is 0.310 e. The van der Waals surface area contributed by atoms with Crippen molar-refractivity contribution in [3.05, 3.63) is 311 Å². The number of hydrogen-bond acceptors (Lipinski definition) is 2. The van der Waals surface area contributed by atoms with E-state index in [0.29, 0.717) is 5.69 Å². The lowest BCUT2D eigenvalue weighted by molar-refractivity contribution is 0.568. The van der Waals surface area contributed by atoms with Crippen LogP contribution in [-0.2, 0) is 43.3 Å². The van der Waals surface area contributed by atoms with Gasteiger partial charge in [-0.3, -0.25) is 0 Å². The zero-order chi connectivity index (χ0) is 87.1. The minimum atomic E-state index is -0.495. The highest BCUT2D eigenvalue weighted by Gasteiger charge is 2.46. The predicted molar refractivity (Wildman–Crippen MR) is 497 cm³/mol. The molecule has 0 amide bonds. The van der Waals surface area contributed by atoms with E-state index in [1.807, 2.05) is 4.57 Å². The molecule has 13 aromatic carbocycles. The third-order valence-corrected chi connectivity index (χ3v) is 24.2. The Morgan fingerprint density at radius 3 is 0.851 bits per heavy atom. The second kappa shape index (κ2) is 27.5. The first-order valence-electron chi connectivity index (χ1n) is 44.6. The number of rotatable bonds is 9. The van der Waals surface area contributed by atoms with E-state index in [1.54, 1.807) is 0 Å². The van der Waals surface area contributed by atoms with Crippen molar-refractivity contribution in [3.63, 3.8) is 0 Å². The number of fused-ring (bicyclic) bond motifs is 7. The van der Waals surface area contributed by atoms with Crippen LogP contribution < -0.4 is 26.2 Å². The van der Waals surface area contributed by atoms with Crippen LogP contribution in [0.25, 0.3) is 94.3 Å². The highest BCUT2D eigenvalue weighted by atomic mass is 15.2. The molecule has 114 heavy (non-hydrogen) atoms. The van der Waals surface area contributed by atoms with E-state index in [9.17, 15) is 9.60 Å². The monoisotopic (exact) mass is 1500 g/mol. The molecular formula is C110H116BN3. The molecule has 1 aromatic heterocycles. The Kier molecular flexibility index (Phi) is 16.6. The molecule has 0 saturated carbocycles. The molecule has 0 N–H and O–H groups in total. The van der Waals surface area contributed by atoms with Crippen LogP contribution in [0.4, 0.5) is 34.1 Å². The van der Waals surface area contributed by atoms with Crippen molar-refractivity contribution in [1.82, 2.24) is 4.57 Å². The van der Waals surface area contributed by atoms with Crippen LogP contribution in [0.1, 0.15) is 220 Å². The van der Waals surface area contributed by atoms with E-state index < -0.39 is 18.8 Å². The maximum absolute atomic E-state index is 10.3. The summed E-state index contributed by atoms with van der Waals surface area (Å²) in [5.41, 5.74) is 29.8. The Balaban J connectivity index is 1.17. The van der Waals surface area contributed by atoms with Crippen molar-refractivity contribution in [2.24, 2.45) is 0 Å². The van der Waals surface area contributed by atoms with Crippen LogP contribution >= 0.6 is 0 Å². The first-order chi connectivity index (χ1) is 56.5. The van der Waals surface area contributed by atoms with Crippen molar-refractivity contribution in [3.8, 4) is 72.4 Å². The summed E-state index contributed by atoms with van der Waals surface area (Å²) < 4.78 is 70.7. The molecule has 4 heteroatoms. The van der Waals surface area contributed by atoms with Gasteiger partial charge in [0.15, 0.2) is 0 Å². The topological polar surface area (TPSA) is 11.4 Å². The molecule has 2 aliphatic rings. The fourth-order valence-electron chi connectivity index (χ4n) is 17.1. The molecule has 0 radical (unpaired) electrons. The zero-order valence-electron chi connectivity index (χ0n) is 78.8. The lowest BCUT2D eigenvalue weighted by Crippen LogP contribution is -2.61. The molecule has 2 aliphatic heterocycles. The van der Waals surface area contributed by atoms with Crippen LogP contribution in [0.2, 0.25) is 0 Å². The molecule has 3 heterocycles. The van der Waals surface area contributed by atoms with E-state index in [0.717, 1.165) is 117 Å². The smallest absolute Gasteiger partial charge is 0.252 e. The van der Waals surface area contributed by atoms with Crippen molar-refractivity contribution < 1.29 is 9.60 Å². The van der Waals surface area contributed by atoms with E-state index in [4.69, 9.17) is 0 Å². The first-order valence-corrected chi connectivity index (χ1v) is 41.1. The lowest BCUT2D eigenvalue weighted by atomic mass is 9.33. The van der Waals surface area contributed by atoms with Crippen molar-refractivity contribution >= 4 is 79.0 Å². The molecule has 0 bridgehead atoms. The minimum Gasteiger partial charge on any atom is -0.310 e. The molecule has 574 valence electrons. The van der Waals surface area contributed by atoms with Crippen LogP contribution in [0, 0.1) is 0 Å². The van der Waals surface area contributed by atoms with Gasteiger partial charge in [-0.1, -0.05) is 397 Å². The molecule has 3 nitrogen and oxygen atoms in total. The Bertz CT molecular complexity index is 6000. The first kappa shape index (κ1) is 68.9. The normalized spacial score (nSPS) is 14.4. The van der Waals surface area contributed by atoms with Crippen LogP contribution in [0.5, 0.6) is 0 Å². The molecule has 16 rings (SSSR count). The van der Waals surface area contributed by atoms with Crippen molar-refractivity contribution in [2.75, 3.05) is 9.80 Å². The molecule has 14 aromatic rings. The third kappa shape index (κ3) is 14.1. The summed E-state index contributed by atoms with van der Waals surface area (Å²) in [7, 11) is 0. The molecule has 0 unspecified atom stereocenters. The average Bonchev–Trinajstić information content (AvgIpc) is 1.49. The van der Waals surface area contributed by atoms with Gasteiger partial charge in [-0.2, -0.15) is 0 Å². The summed E-state index contributed by atoms with van der Waals surface area (Å²) in [6, 6.07) is 82.4. The summed E-state index contributed by atoms with van der Waals surface area (Å²) in [5.74, 6) is 0. The number of para-hydroxylation sites is 4. The van der Waals surface area contributed by atoms with Gasteiger partial charge in [-0.05, 0) is 185 Å². The van der Waals surface area contributed by atoms with E-state index in [-0.39, 0.29) is 95.3 Å². The summed E-state index contributed by atoms with van der Waals surface area (Å²) in [5, 5.41) is 0.450. The highest BCUT2D eigenvalue weighted by molar-refractivity contribution is 7.00. The quantitative estimate of drug-likeness (QED) is 0.133. The second-order valence-corrected chi connectivity index (χ2v) is 40.7. The summed E-state index contributed by atoms with van der Waals surface area (Å²) in [4.78, 5) is 5.07. The van der Waals surface area contributed by atoms with E-state index in [1.165, 1.54) is 50.6 Å². The van der Waals surface area contributed by atoms with Crippen LogP contribution in [-0.4, -0.2) is 11.3 Å². The molecule has 0 atom stereocenters. The average molecular weight is 1500 g/mol. The van der Waals surface area contributed by atoms with Crippen LogP contribution in [0.15, 0.2) is 267 Å². The minimum absolute atomic E-state index is 0.137. The number of hydrogen-bond donors (Lipinski definition) is 0. The maximum Gasteiger partial charge on any atom is 0.252 e. The predicted octanol–water partition coefficient (Wildman–Crippen LogP) is 29.2. The van der Waals surface area contributed by atoms with Gasteiger partial charge < -0.3 is 14.4 Å². The Labute approximate surface area is 692 Å². The molecule has 0 saturated heterocycles. The Morgan fingerprint density at radius 2 is 0.535 bits per heavy atom. The van der Waals surface area contributed by atoms with Gasteiger partial charge in [-0.15, -0.1) is 0 Å². The number of benzene rings is 13. The number of nitrogens with zero attached hydrogens (tertiary/aromatic N) is 3. The van der Waals surface area contributed by atoms with Gasteiger partial charge >= 0.3 is 0 Å². The third-order valence-electron chi connectivity index (χ3n) is 24.2. The second-order valence-electron chi connectivity index (χ2n) is 40.7. The van der Waals surface area contributed by atoms with Gasteiger partial charge in [-0.25, -0.2) is 0 Å². The molecule has 0 fully saturated rings. The lowest BCUT2D eigenvalue weighted by Gasteiger charge is -2.46. The fourth-order valence-corrected chi connectivity index (χ4v) is 17.1. The van der Waals surface area contributed by atoms with Gasteiger partial charge in [0.25, 0.3) is 6.71 Å². The van der Waals surface area contributed by atoms with Gasteiger partial charge in [0.2, 0.25) is 0 Å². The zero-order valence-corrected chi connectivity index (χ0v) is 71.8. The van der Waals surface area contributed by atoms with Gasteiger partial charge in [0, 0.05) is 55.8 Å². The van der Waals surface area contributed by atoms with Crippen LogP contribution in [0.3, 0.4) is 0 Å². The molecular weight excluding hydrogens is 1370 g/mol. The van der Waals surface area contributed by atoms with Crippen molar-refractivity contribution in [1.29, 1.82) is 0 Å². The Morgan fingerprint density at radius 1 is 0.246 bits per heavy atom. The summed E-state index contributed by atoms with van der Waals surface area (Å²) in [6.45, 7) is 54.2. The summed E-state index contributed by atoms with van der Waals surface area (Å²) in [6.07, 6.45) is 0.